The fraction of sp³-hybridized carbons (Fsp3) is 0.938. The average Bonchev–Trinajstić information content (AvgIpc) is 1.52. The quantitative estimate of drug-likeness (QED) is 0.0279. The average molecular weight is 1560 g/mol. The normalized spacial score (nSPS) is 44.7. The molecule has 0 radical (unpaired) electrons. The van der Waals surface area contributed by atoms with Crippen LogP contribution in [0.5, 0.6) is 0 Å². The topological polar surface area (TPSA) is 746 Å². The molecule has 8 aliphatic rings. The first kappa shape index (κ1) is 87.2. The van der Waals surface area contributed by atoms with Crippen LogP contribution >= 0.6 is 0 Å². The summed E-state index contributed by atoms with van der Waals surface area (Å²) in [5.74, 6) is 0. The second-order valence-electron chi connectivity index (χ2n) is 29.6. The summed E-state index contributed by atoms with van der Waals surface area (Å²) in [6.07, 6.45) is -27.7. The summed E-state index contributed by atoms with van der Waals surface area (Å²) in [7, 11) is 0. The molecular weight excluding hydrogens is 1440 g/mol. The second-order valence-corrected chi connectivity index (χ2v) is 29.6. The lowest BCUT2D eigenvalue weighted by Gasteiger charge is -2.47. The van der Waals surface area contributed by atoms with Gasteiger partial charge in [0.25, 0.3) is 0 Å². The van der Waals surface area contributed by atoms with Crippen molar-refractivity contribution in [1.29, 1.82) is 0 Å². The van der Waals surface area contributed by atoms with E-state index < -0.39 is 233 Å². The molecule has 0 amide bonds. The molecule has 2 saturated carbocycles. The van der Waals surface area contributed by atoms with Crippen molar-refractivity contribution in [2.75, 3.05) is 39.4 Å². The van der Waals surface area contributed by atoms with E-state index in [1.165, 1.54) is 9.36 Å². The predicted molar refractivity (Wildman–Crippen MR) is 368 cm³/mol. The Kier molecular flexibility index (Phi) is 32.6. The molecule has 2 aromatic rings. The van der Waals surface area contributed by atoms with Gasteiger partial charge in [0.1, 0.15) is 146 Å². The molecular formula is C64H120N18O26. The van der Waals surface area contributed by atoms with Crippen molar-refractivity contribution in [3.8, 4) is 0 Å². The van der Waals surface area contributed by atoms with Gasteiger partial charge in [0.2, 0.25) is 0 Å². The van der Waals surface area contributed by atoms with E-state index in [0.29, 0.717) is 24.6 Å². The summed E-state index contributed by atoms with van der Waals surface area (Å²) in [5.41, 5.74) is 75.0. The molecule has 0 aromatic carbocycles. The van der Waals surface area contributed by atoms with Crippen molar-refractivity contribution in [1.82, 2.24) is 30.0 Å². The summed E-state index contributed by atoms with van der Waals surface area (Å²) in [5, 5.41) is 149. The molecule has 0 bridgehead atoms. The van der Waals surface area contributed by atoms with Gasteiger partial charge < -0.3 is 196 Å². The molecule has 8 heterocycles. The van der Waals surface area contributed by atoms with Crippen molar-refractivity contribution in [3.05, 3.63) is 23.8 Å². The highest BCUT2D eigenvalue weighted by Crippen LogP contribution is 2.38. The Morgan fingerprint density at radius 1 is 0.315 bits per heavy atom. The first-order chi connectivity index (χ1) is 51.7. The predicted octanol–water partition coefficient (Wildman–Crippen LogP) is -13.2. The number of aliphatic hydroxyl groups excluding tert-OH is 12. The van der Waals surface area contributed by atoms with Crippen molar-refractivity contribution in [3.63, 3.8) is 0 Å². The van der Waals surface area contributed by atoms with Crippen LogP contribution in [0.25, 0.3) is 0 Å². The third-order valence-electron chi connectivity index (χ3n) is 21.6. The van der Waals surface area contributed by atoms with E-state index in [1.807, 2.05) is 0 Å². The van der Waals surface area contributed by atoms with Gasteiger partial charge in [0.05, 0.1) is 75.1 Å². The molecule has 36 N–H and O–H groups in total. The summed E-state index contributed by atoms with van der Waals surface area (Å²) in [6.45, 7) is 0.287. The largest absolute Gasteiger partial charge is 0.389 e. The van der Waals surface area contributed by atoms with Crippen LogP contribution in [0.4, 0.5) is 0 Å². The standard InChI is InChI=1S/C64H120N18O26/c65-15-31-43(85)47(89)37(73)59(97-31)103-53-29(71)13-27(69)41(83)57(53)107-63-51(93)55(105-61-39(75)49(91)45(87)33(17-67)99-61)35(101-63)21-81-19-25(77-79-81)23-95-11-9-7-5-3-1-2-4-6-8-10-12-96-24-26-20-82(80-78-26)22-36-56(106-62-40(76)50(92)46(88)34(18-68)100-62)52(94)64(102-36)108-58-42(84)28(70)14-30(72)54(58)104-60-38(74)48(90)44(86)32(16-66)98-60/h19-20,27-64,83-94H,1-18,21-24,65-76H2/t27-,28-,29+,30+,31-,32-,33+,34+,35-,36-,37-,38-,39-,40-,41+,42+,43-,44-,45-,46-,47-,48-,49-,50-,51-,52-,53-,54-,55-,56-,57-,58-,59-,60-,61-,62-,63+,64+/m1/s1. The van der Waals surface area contributed by atoms with Crippen molar-refractivity contribution in [2.45, 2.75) is 336 Å². The molecule has 0 spiro atoms. The second kappa shape index (κ2) is 40.4. The molecule has 10 rings (SSSR count). The van der Waals surface area contributed by atoms with Gasteiger partial charge in [-0.3, -0.25) is 0 Å². The van der Waals surface area contributed by atoms with Gasteiger partial charge in [0.15, 0.2) is 37.7 Å². The first-order valence-electron chi connectivity index (χ1n) is 37.5. The molecule has 8 fully saturated rings. The number of nitrogens with two attached hydrogens (primary N) is 12. The van der Waals surface area contributed by atoms with Crippen LogP contribution in [0.1, 0.15) is 88.4 Å². The number of hydrogen-bond acceptors (Lipinski definition) is 42. The minimum Gasteiger partial charge on any atom is -0.389 e. The van der Waals surface area contributed by atoms with Crippen molar-refractivity contribution >= 4 is 0 Å². The van der Waals surface area contributed by atoms with E-state index in [4.69, 9.17) is 135 Å². The van der Waals surface area contributed by atoms with E-state index in [9.17, 15) is 61.3 Å². The molecule has 44 nitrogen and oxygen atoms in total. The Labute approximate surface area is 623 Å². The number of rotatable bonds is 37. The number of unbranched alkanes of at least 4 members (excludes halogenated alkanes) is 9. The Balaban J connectivity index is 0.629. The maximum absolute atomic E-state index is 11.9. The lowest BCUT2D eigenvalue weighted by molar-refractivity contribution is -0.306. The number of hydrogen-bond donors (Lipinski definition) is 24. The van der Waals surface area contributed by atoms with Crippen LogP contribution in [-0.4, -0.2) is 363 Å². The zero-order valence-electron chi connectivity index (χ0n) is 60.3. The lowest BCUT2D eigenvalue weighted by Crippen LogP contribution is -2.68. The van der Waals surface area contributed by atoms with E-state index in [2.05, 4.69) is 20.6 Å². The van der Waals surface area contributed by atoms with Crippen LogP contribution in [0.3, 0.4) is 0 Å². The van der Waals surface area contributed by atoms with Gasteiger partial charge in [0, 0.05) is 63.6 Å². The van der Waals surface area contributed by atoms with E-state index in [-0.39, 0.29) is 65.3 Å². The highest BCUT2D eigenvalue weighted by atomic mass is 16.8. The molecule has 0 unspecified atom stereocenters. The van der Waals surface area contributed by atoms with Gasteiger partial charge in [-0.1, -0.05) is 61.8 Å². The lowest BCUT2D eigenvalue weighted by atomic mass is 9.84. The third kappa shape index (κ3) is 20.9. The van der Waals surface area contributed by atoms with Crippen molar-refractivity contribution in [2.24, 2.45) is 68.8 Å². The van der Waals surface area contributed by atoms with Gasteiger partial charge in [-0.25, -0.2) is 9.36 Å². The van der Waals surface area contributed by atoms with E-state index >= 15 is 0 Å². The summed E-state index contributed by atoms with van der Waals surface area (Å²) < 4.78 is 88.3. The molecule has 2 aromatic heterocycles. The third-order valence-corrected chi connectivity index (χ3v) is 21.6. The van der Waals surface area contributed by atoms with Crippen LogP contribution < -0.4 is 68.8 Å². The minimum atomic E-state index is -1.65. The van der Waals surface area contributed by atoms with Crippen LogP contribution in [0, 0.1) is 0 Å². The molecule has 38 atom stereocenters. The summed E-state index contributed by atoms with van der Waals surface area (Å²) >= 11 is 0. The summed E-state index contributed by atoms with van der Waals surface area (Å²) in [6, 6.07) is -8.83. The number of nitrogens with zero attached hydrogens (tertiary/aromatic N) is 6. The number of aromatic nitrogens is 6. The zero-order valence-corrected chi connectivity index (χ0v) is 60.3. The molecule has 622 valence electrons. The fourth-order valence-corrected chi connectivity index (χ4v) is 15.0. The Morgan fingerprint density at radius 2 is 0.583 bits per heavy atom. The highest BCUT2D eigenvalue weighted by molar-refractivity contribution is 5.06. The van der Waals surface area contributed by atoms with E-state index in [1.54, 1.807) is 12.4 Å². The molecule has 2 aliphatic carbocycles. The SMILES string of the molecule is NC[C@@H]1O[C@H](O[C@H]2[C@@H](O)[C@H](O[C@@H]3[C@@H](O)[C@H](N)C[C@H](N)[C@H]3O[C@H]3O[C@H](CN)[C@@H](O)[C@H](O)[C@H]3N)O[C@@H]2Cn2cc(COCCCCCCCCCCCCOCc3cn(C[C@H]4O[C@@H](O[C@@H]5[C@@H](O)[C@H](N)C[C@H](N)[C@H]5O[C@H]5O[C@H](CN)[C@@H](O)[C@H](O)[C@H]5N)[C@H](O)[C@@H]4O[C@H]4O[C@@H](CN)[C@@H](O)[C@H](O)[C@H]4N)nn3)nn2)[C@H](N)[C@@H](O)[C@@H]1O. The monoisotopic (exact) mass is 1560 g/mol. The van der Waals surface area contributed by atoms with Crippen LogP contribution in [0.2, 0.25) is 0 Å². The maximum atomic E-state index is 11.9. The molecule has 108 heavy (non-hydrogen) atoms. The van der Waals surface area contributed by atoms with Crippen molar-refractivity contribution < 1.29 is 128 Å². The Hall–Kier alpha value is -3.24. The van der Waals surface area contributed by atoms with Gasteiger partial charge in [-0.05, 0) is 25.7 Å². The van der Waals surface area contributed by atoms with E-state index in [0.717, 1.165) is 64.2 Å². The minimum absolute atomic E-state index is 0.0506. The number of ether oxygens (including phenoxy) is 14. The van der Waals surface area contributed by atoms with Crippen LogP contribution in [-0.2, 0) is 92.6 Å². The molecule has 44 heteroatoms. The zero-order chi connectivity index (χ0) is 77.9. The Morgan fingerprint density at radius 3 is 0.880 bits per heavy atom. The maximum Gasteiger partial charge on any atom is 0.187 e. The number of aliphatic hydroxyl groups is 12. The van der Waals surface area contributed by atoms with Gasteiger partial charge in [-0.2, -0.15) is 0 Å². The molecule has 6 saturated heterocycles. The summed E-state index contributed by atoms with van der Waals surface area (Å²) in [4.78, 5) is 0. The highest BCUT2D eigenvalue weighted by Gasteiger charge is 2.58. The van der Waals surface area contributed by atoms with Crippen LogP contribution in [0.15, 0.2) is 12.4 Å². The fourth-order valence-electron chi connectivity index (χ4n) is 15.0. The van der Waals surface area contributed by atoms with Gasteiger partial charge in [-0.15, -0.1) is 10.2 Å². The smallest absolute Gasteiger partial charge is 0.187 e. The Bertz CT molecular complexity index is 2770. The van der Waals surface area contributed by atoms with Gasteiger partial charge >= 0.3 is 0 Å². The first-order valence-corrected chi connectivity index (χ1v) is 37.5. The molecule has 6 aliphatic heterocycles.